The summed E-state index contributed by atoms with van der Waals surface area (Å²) in [4.78, 5) is 0.123. The van der Waals surface area contributed by atoms with Crippen LogP contribution in [-0.4, -0.2) is 46.6 Å². The summed E-state index contributed by atoms with van der Waals surface area (Å²) < 4.78 is 37.0. The van der Waals surface area contributed by atoms with Crippen LogP contribution in [-0.2, 0) is 14.8 Å². The van der Waals surface area contributed by atoms with E-state index in [9.17, 15) is 8.42 Å². The third-order valence-corrected chi connectivity index (χ3v) is 5.34. The van der Waals surface area contributed by atoms with Crippen LogP contribution in [0.2, 0.25) is 0 Å². The zero-order chi connectivity index (χ0) is 14.8. The number of benzene rings is 1. The van der Waals surface area contributed by atoms with E-state index in [2.05, 4.69) is 0 Å². The lowest BCUT2D eigenvalue weighted by molar-refractivity contribution is 0.157. The van der Waals surface area contributed by atoms with Crippen LogP contribution in [0.3, 0.4) is 0 Å². The average Bonchev–Trinajstić information content (AvgIpc) is 2.88. The lowest BCUT2D eigenvalue weighted by Gasteiger charge is -2.18. The Labute approximate surface area is 119 Å². The first-order chi connectivity index (χ1) is 9.48. The van der Waals surface area contributed by atoms with Gasteiger partial charge < -0.3 is 15.2 Å². The Balaban J connectivity index is 2.29. The number of hydrogen-bond acceptors (Lipinski definition) is 5. The van der Waals surface area contributed by atoms with Crippen molar-refractivity contribution in [2.75, 3.05) is 39.6 Å². The van der Waals surface area contributed by atoms with E-state index in [1.807, 2.05) is 0 Å². The molecule has 0 aromatic heterocycles. The summed E-state index contributed by atoms with van der Waals surface area (Å²) in [5.74, 6) is 0.552. The van der Waals surface area contributed by atoms with Gasteiger partial charge in [-0.1, -0.05) is 0 Å². The molecule has 1 aliphatic heterocycles. The average molecular weight is 300 g/mol. The normalized spacial score (nSPS) is 20.2. The van der Waals surface area contributed by atoms with Gasteiger partial charge in [-0.25, -0.2) is 8.42 Å². The minimum absolute atomic E-state index is 0.123. The first-order valence-electron chi connectivity index (χ1n) is 6.41. The highest BCUT2D eigenvalue weighted by molar-refractivity contribution is 7.89. The van der Waals surface area contributed by atoms with Gasteiger partial charge in [-0.2, -0.15) is 4.31 Å². The van der Waals surface area contributed by atoms with Crippen molar-refractivity contribution >= 4 is 15.7 Å². The predicted octanol–water partition coefficient (Wildman–Crippen LogP) is 0.934. The van der Waals surface area contributed by atoms with Gasteiger partial charge in [0.2, 0.25) is 10.0 Å². The number of sulfonamides is 1. The molecular weight excluding hydrogens is 280 g/mol. The molecule has 1 aromatic rings. The van der Waals surface area contributed by atoms with Gasteiger partial charge in [-0.3, -0.25) is 0 Å². The van der Waals surface area contributed by atoms with Crippen molar-refractivity contribution in [1.29, 1.82) is 0 Å². The van der Waals surface area contributed by atoms with Crippen molar-refractivity contribution in [3.05, 3.63) is 18.2 Å². The lowest BCUT2D eigenvalue weighted by Crippen LogP contribution is -2.29. The molecule has 0 spiro atoms. The minimum Gasteiger partial charge on any atom is -0.495 e. The van der Waals surface area contributed by atoms with E-state index in [4.69, 9.17) is 15.2 Å². The fourth-order valence-corrected chi connectivity index (χ4v) is 4.14. The molecule has 2 rings (SSSR count). The molecule has 6 nitrogen and oxygen atoms in total. The fourth-order valence-electron chi connectivity index (χ4n) is 2.42. The Morgan fingerprint density at radius 2 is 2.15 bits per heavy atom. The molecule has 1 aromatic carbocycles. The van der Waals surface area contributed by atoms with E-state index >= 15 is 0 Å². The minimum atomic E-state index is -3.58. The smallest absolute Gasteiger partial charge is 0.246 e. The van der Waals surface area contributed by atoms with Crippen molar-refractivity contribution in [3.8, 4) is 5.75 Å². The van der Waals surface area contributed by atoms with Gasteiger partial charge in [0.1, 0.15) is 10.6 Å². The summed E-state index contributed by atoms with van der Waals surface area (Å²) in [6, 6.07) is 4.64. The van der Waals surface area contributed by atoms with Crippen molar-refractivity contribution in [2.45, 2.75) is 11.3 Å². The maximum absolute atomic E-state index is 12.7. The van der Waals surface area contributed by atoms with Crippen LogP contribution in [0.15, 0.2) is 23.1 Å². The molecule has 1 heterocycles. The second kappa shape index (κ2) is 5.99. The Bertz CT molecular complexity index is 574. The third-order valence-electron chi connectivity index (χ3n) is 3.46. The van der Waals surface area contributed by atoms with Crippen molar-refractivity contribution in [2.24, 2.45) is 5.92 Å². The van der Waals surface area contributed by atoms with Crippen LogP contribution >= 0.6 is 0 Å². The number of methoxy groups -OCH3 is 2. The van der Waals surface area contributed by atoms with Gasteiger partial charge in [0, 0.05) is 25.9 Å². The molecule has 1 aliphatic rings. The third kappa shape index (κ3) is 2.89. The summed E-state index contributed by atoms with van der Waals surface area (Å²) in [6.07, 6.45) is 0.803. The molecule has 0 saturated carbocycles. The fraction of sp³-hybridized carbons (Fsp3) is 0.538. The SMILES string of the molecule is COCC1CCN(S(=O)(=O)c2cc(N)ccc2OC)C1. The van der Waals surface area contributed by atoms with E-state index in [0.29, 0.717) is 31.1 Å². The molecule has 1 saturated heterocycles. The Morgan fingerprint density at radius 3 is 2.80 bits per heavy atom. The Kier molecular flexibility index (Phi) is 4.52. The molecule has 0 bridgehead atoms. The molecule has 2 N–H and O–H groups in total. The van der Waals surface area contributed by atoms with Gasteiger partial charge in [0.25, 0.3) is 0 Å². The van der Waals surface area contributed by atoms with Crippen LogP contribution < -0.4 is 10.5 Å². The van der Waals surface area contributed by atoms with E-state index in [0.717, 1.165) is 6.42 Å². The Hall–Kier alpha value is -1.31. The number of nitrogens with zero attached hydrogens (tertiary/aromatic N) is 1. The highest BCUT2D eigenvalue weighted by Crippen LogP contribution is 2.31. The van der Waals surface area contributed by atoms with Gasteiger partial charge >= 0.3 is 0 Å². The number of anilines is 1. The number of nitrogen functional groups attached to an aromatic ring is 1. The molecule has 20 heavy (non-hydrogen) atoms. The van der Waals surface area contributed by atoms with Gasteiger partial charge in [-0.15, -0.1) is 0 Å². The number of ether oxygens (including phenoxy) is 2. The molecule has 7 heteroatoms. The quantitative estimate of drug-likeness (QED) is 0.818. The van der Waals surface area contributed by atoms with Gasteiger partial charge in [0.05, 0.1) is 13.7 Å². The van der Waals surface area contributed by atoms with E-state index < -0.39 is 10.0 Å². The molecule has 0 radical (unpaired) electrons. The van der Waals surface area contributed by atoms with Crippen molar-refractivity contribution in [3.63, 3.8) is 0 Å². The van der Waals surface area contributed by atoms with Crippen LogP contribution in [0.1, 0.15) is 6.42 Å². The van der Waals surface area contributed by atoms with E-state index in [1.54, 1.807) is 19.2 Å². The summed E-state index contributed by atoms with van der Waals surface area (Å²) in [5.41, 5.74) is 6.09. The molecule has 1 fully saturated rings. The van der Waals surface area contributed by atoms with Crippen molar-refractivity contribution < 1.29 is 17.9 Å². The molecule has 112 valence electrons. The zero-order valence-electron chi connectivity index (χ0n) is 11.7. The first-order valence-corrected chi connectivity index (χ1v) is 7.85. The highest BCUT2D eigenvalue weighted by Gasteiger charge is 2.34. The Morgan fingerprint density at radius 1 is 1.40 bits per heavy atom. The molecule has 1 unspecified atom stereocenters. The highest BCUT2D eigenvalue weighted by atomic mass is 32.2. The van der Waals surface area contributed by atoms with Crippen molar-refractivity contribution in [1.82, 2.24) is 4.31 Å². The largest absolute Gasteiger partial charge is 0.495 e. The van der Waals surface area contributed by atoms with Gasteiger partial charge in [-0.05, 0) is 30.5 Å². The number of hydrogen-bond donors (Lipinski definition) is 1. The molecule has 0 amide bonds. The number of nitrogens with two attached hydrogens (primary N) is 1. The van der Waals surface area contributed by atoms with Gasteiger partial charge in [0.15, 0.2) is 0 Å². The summed E-state index contributed by atoms with van der Waals surface area (Å²) in [6.45, 7) is 1.53. The number of rotatable bonds is 5. The monoisotopic (exact) mass is 300 g/mol. The predicted molar refractivity (Wildman–Crippen MR) is 76.1 cm³/mol. The topological polar surface area (TPSA) is 81.9 Å². The standard InChI is InChI=1S/C13H20N2O4S/c1-18-9-10-5-6-15(8-10)20(16,17)13-7-11(14)3-4-12(13)19-2/h3-4,7,10H,5-6,8-9,14H2,1-2H3. The lowest BCUT2D eigenvalue weighted by atomic mass is 10.1. The maximum atomic E-state index is 12.7. The maximum Gasteiger partial charge on any atom is 0.246 e. The first kappa shape index (κ1) is 15.1. The van der Waals surface area contributed by atoms with Crippen LogP contribution in [0.5, 0.6) is 5.75 Å². The van der Waals surface area contributed by atoms with E-state index in [1.165, 1.54) is 17.5 Å². The van der Waals surface area contributed by atoms with E-state index in [-0.39, 0.29) is 10.8 Å². The van der Waals surface area contributed by atoms with Crippen LogP contribution in [0, 0.1) is 5.92 Å². The second-order valence-corrected chi connectivity index (χ2v) is 6.79. The molecule has 0 aliphatic carbocycles. The molecule has 1 atom stereocenters. The summed E-state index contributed by atoms with van der Waals surface area (Å²) >= 11 is 0. The van der Waals surface area contributed by atoms with Crippen LogP contribution in [0.4, 0.5) is 5.69 Å². The zero-order valence-corrected chi connectivity index (χ0v) is 12.5. The summed E-state index contributed by atoms with van der Waals surface area (Å²) in [5, 5.41) is 0. The second-order valence-electron chi connectivity index (χ2n) is 4.88. The summed E-state index contributed by atoms with van der Waals surface area (Å²) in [7, 11) is -0.513. The van der Waals surface area contributed by atoms with Crippen LogP contribution in [0.25, 0.3) is 0 Å². The molecular formula is C13H20N2O4S.